The lowest BCUT2D eigenvalue weighted by Gasteiger charge is -2.29. The molecule has 0 heterocycles. The quantitative estimate of drug-likeness (QED) is 0.810. The number of benzene rings is 1. The third kappa shape index (κ3) is 3.74. The van der Waals surface area contributed by atoms with Gasteiger partial charge >= 0.3 is 5.97 Å². The van der Waals surface area contributed by atoms with Gasteiger partial charge in [0.25, 0.3) is 0 Å². The summed E-state index contributed by atoms with van der Waals surface area (Å²) in [5, 5.41) is 19.0. The Balaban J connectivity index is 3.01. The van der Waals surface area contributed by atoms with Gasteiger partial charge in [0.2, 0.25) is 5.91 Å². The molecule has 21 heavy (non-hydrogen) atoms. The van der Waals surface area contributed by atoms with Crippen molar-refractivity contribution in [2.24, 2.45) is 5.41 Å². The van der Waals surface area contributed by atoms with Gasteiger partial charge in [-0.15, -0.1) is 0 Å². The molecule has 0 bridgehead atoms. The summed E-state index contributed by atoms with van der Waals surface area (Å²) in [4.78, 5) is 25.5. The van der Waals surface area contributed by atoms with Crippen LogP contribution in [0.15, 0.2) is 24.3 Å². The third-order valence-corrected chi connectivity index (χ3v) is 4.06. The molecule has 1 aromatic rings. The van der Waals surface area contributed by atoms with Crippen LogP contribution in [0.25, 0.3) is 0 Å². The first-order valence-electron chi connectivity index (χ1n) is 7.23. The summed E-state index contributed by atoms with van der Waals surface area (Å²) in [5.41, 5.74) is -0.449. The normalized spacial score (nSPS) is 11.2. The van der Waals surface area contributed by atoms with Crippen molar-refractivity contribution >= 4 is 17.6 Å². The molecule has 5 heteroatoms. The Hall–Kier alpha value is -2.04. The highest BCUT2D eigenvalue weighted by Gasteiger charge is 2.38. The first-order chi connectivity index (χ1) is 9.90. The van der Waals surface area contributed by atoms with E-state index in [-0.39, 0.29) is 18.1 Å². The van der Waals surface area contributed by atoms with Gasteiger partial charge in [0.1, 0.15) is 5.75 Å². The number of anilines is 1. The lowest BCUT2D eigenvalue weighted by atomic mass is 9.79. The summed E-state index contributed by atoms with van der Waals surface area (Å²) in [7, 11) is 0. The van der Waals surface area contributed by atoms with Crippen molar-refractivity contribution in [2.75, 3.05) is 11.4 Å². The Labute approximate surface area is 125 Å². The van der Waals surface area contributed by atoms with Crippen molar-refractivity contribution in [3.05, 3.63) is 24.3 Å². The van der Waals surface area contributed by atoms with E-state index in [0.29, 0.717) is 25.1 Å². The molecule has 0 radical (unpaired) electrons. The fourth-order valence-electron chi connectivity index (χ4n) is 2.43. The van der Waals surface area contributed by atoms with Gasteiger partial charge in [0.05, 0.1) is 5.41 Å². The number of aliphatic carboxylic acids is 1. The van der Waals surface area contributed by atoms with Crippen molar-refractivity contribution < 1.29 is 19.8 Å². The van der Waals surface area contributed by atoms with Crippen molar-refractivity contribution in [1.29, 1.82) is 0 Å². The zero-order valence-corrected chi connectivity index (χ0v) is 12.8. The molecule has 0 aliphatic heterocycles. The van der Waals surface area contributed by atoms with Gasteiger partial charge in [0.15, 0.2) is 0 Å². The second-order valence-corrected chi connectivity index (χ2v) is 5.13. The first-order valence-corrected chi connectivity index (χ1v) is 7.23. The molecule has 0 atom stereocenters. The van der Waals surface area contributed by atoms with Gasteiger partial charge < -0.3 is 15.1 Å². The fraction of sp³-hybridized carbons (Fsp3) is 0.500. The van der Waals surface area contributed by atoms with E-state index in [9.17, 15) is 19.8 Å². The second-order valence-electron chi connectivity index (χ2n) is 5.13. The van der Waals surface area contributed by atoms with Crippen LogP contribution in [-0.4, -0.2) is 28.6 Å². The topological polar surface area (TPSA) is 77.8 Å². The van der Waals surface area contributed by atoms with Gasteiger partial charge in [-0.05, 0) is 31.9 Å². The number of carboxylic acids is 1. The van der Waals surface area contributed by atoms with E-state index < -0.39 is 11.4 Å². The molecular weight excluding hydrogens is 270 g/mol. The van der Waals surface area contributed by atoms with Crippen LogP contribution in [-0.2, 0) is 9.59 Å². The maximum absolute atomic E-state index is 12.5. The molecule has 116 valence electrons. The Morgan fingerprint density at radius 1 is 1.19 bits per heavy atom. The Bertz CT molecular complexity index is 509. The predicted molar refractivity (Wildman–Crippen MR) is 81.4 cm³/mol. The Kier molecular flexibility index (Phi) is 5.76. The zero-order valence-electron chi connectivity index (χ0n) is 12.8. The predicted octanol–water partition coefficient (Wildman–Crippen LogP) is 3.03. The van der Waals surface area contributed by atoms with E-state index in [1.54, 1.807) is 26.0 Å². The fourth-order valence-corrected chi connectivity index (χ4v) is 2.43. The Morgan fingerprint density at radius 3 is 2.24 bits per heavy atom. The number of aromatic hydroxyl groups is 1. The summed E-state index contributed by atoms with van der Waals surface area (Å²) in [6.45, 7) is 5.82. The first kappa shape index (κ1) is 17.0. The average molecular weight is 293 g/mol. The van der Waals surface area contributed by atoms with Crippen molar-refractivity contribution in [2.45, 2.75) is 40.0 Å². The minimum atomic E-state index is -1.03. The van der Waals surface area contributed by atoms with Crippen molar-refractivity contribution in [3.8, 4) is 5.75 Å². The molecule has 5 nitrogen and oxygen atoms in total. The van der Waals surface area contributed by atoms with Crippen LogP contribution in [0.2, 0.25) is 0 Å². The molecule has 0 spiro atoms. The largest absolute Gasteiger partial charge is 0.508 e. The SMILES string of the molecule is CCN(C(=O)CC(CC)(CC)C(=O)O)c1cccc(O)c1. The molecule has 0 saturated heterocycles. The second kappa shape index (κ2) is 7.11. The highest BCUT2D eigenvalue weighted by atomic mass is 16.4. The number of carbonyl (C=O) groups excluding carboxylic acids is 1. The minimum Gasteiger partial charge on any atom is -0.508 e. The van der Waals surface area contributed by atoms with E-state index >= 15 is 0 Å². The maximum Gasteiger partial charge on any atom is 0.310 e. The van der Waals surface area contributed by atoms with Gasteiger partial charge in [0, 0.05) is 24.7 Å². The van der Waals surface area contributed by atoms with Crippen LogP contribution in [0.4, 0.5) is 5.69 Å². The van der Waals surface area contributed by atoms with Gasteiger partial charge in [-0.25, -0.2) is 0 Å². The molecule has 0 unspecified atom stereocenters. The molecule has 0 fully saturated rings. The van der Waals surface area contributed by atoms with E-state index in [2.05, 4.69) is 0 Å². The monoisotopic (exact) mass is 293 g/mol. The highest BCUT2D eigenvalue weighted by Crippen LogP contribution is 2.33. The summed E-state index contributed by atoms with van der Waals surface area (Å²) < 4.78 is 0. The number of carboxylic acid groups (broad SMARTS) is 1. The summed E-state index contributed by atoms with van der Waals surface area (Å²) in [5.74, 6) is -1.10. The zero-order chi connectivity index (χ0) is 16.0. The van der Waals surface area contributed by atoms with Gasteiger partial charge in [-0.1, -0.05) is 19.9 Å². The van der Waals surface area contributed by atoms with E-state index in [0.717, 1.165) is 0 Å². The summed E-state index contributed by atoms with van der Waals surface area (Å²) >= 11 is 0. The number of rotatable bonds is 7. The van der Waals surface area contributed by atoms with E-state index in [1.165, 1.54) is 17.0 Å². The summed E-state index contributed by atoms with van der Waals surface area (Å²) in [6, 6.07) is 6.41. The summed E-state index contributed by atoms with van der Waals surface area (Å²) in [6.07, 6.45) is 0.767. The number of hydrogen-bond acceptors (Lipinski definition) is 3. The van der Waals surface area contributed by atoms with Crippen molar-refractivity contribution in [1.82, 2.24) is 0 Å². The number of carbonyl (C=O) groups is 2. The standard InChI is InChI=1S/C16H23NO4/c1-4-16(5-2,15(20)21)11-14(19)17(6-3)12-8-7-9-13(18)10-12/h7-10,18H,4-6,11H2,1-3H3,(H,20,21). The molecule has 0 saturated carbocycles. The highest BCUT2D eigenvalue weighted by molar-refractivity contribution is 5.96. The maximum atomic E-state index is 12.5. The molecule has 0 aliphatic carbocycles. The number of hydrogen-bond donors (Lipinski definition) is 2. The molecule has 1 rings (SSSR count). The van der Waals surface area contributed by atoms with E-state index in [4.69, 9.17) is 0 Å². The van der Waals surface area contributed by atoms with Crippen LogP contribution in [0, 0.1) is 5.41 Å². The minimum absolute atomic E-state index is 0.0428. The van der Waals surface area contributed by atoms with Gasteiger partial charge in [-0.3, -0.25) is 9.59 Å². The Morgan fingerprint density at radius 2 is 1.81 bits per heavy atom. The number of nitrogens with zero attached hydrogens (tertiary/aromatic N) is 1. The van der Waals surface area contributed by atoms with E-state index in [1.807, 2.05) is 6.92 Å². The number of amides is 1. The molecular formula is C16H23NO4. The van der Waals surface area contributed by atoms with Crippen LogP contribution < -0.4 is 4.90 Å². The molecule has 0 aliphatic rings. The molecule has 0 aromatic heterocycles. The lowest BCUT2D eigenvalue weighted by Crippen LogP contribution is -2.39. The van der Waals surface area contributed by atoms with Crippen molar-refractivity contribution in [3.63, 3.8) is 0 Å². The third-order valence-electron chi connectivity index (χ3n) is 4.06. The number of phenols is 1. The molecule has 1 aromatic carbocycles. The molecule has 1 amide bonds. The van der Waals surface area contributed by atoms with Crippen LogP contribution in [0.1, 0.15) is 40.0 Å². The number of phenolic OH excluding ortho intramolecular Hbond substituents is 1. The lowest BCUT2D eigenvalue weighted by molar-refractivity contribution is -0.152. The average Bonchev–Trinajstić information content (AvgIpc) is 2.45. The molecule has 2 N–H and O–H groups in total. The van der Waals surface area contributed by atoms with Crippen LogP contribution in [0.3, 0.4) is 0 Å². The van der Waals surface area contributed by atoms with Crippen LogP contribution >= 0.6 is 0 Å². The van der Waals surface area contributed by atoms with Gasteiger partial charge in [-0.2, -0.15) is 0 Å². The van der Waals surface area contributed by atoms with Crippen LogP contribution in [0.5, 0.6) is 5.75 Å². The smallest absolute Gasteiger partial charge is 0.310 e.